The smallest absolute Gasteiger partial charge is 0.241 e. The molecular weight excluding hydrogens is 334 g/mol. The summed E-state index contributed by atoms with van der Waals surface area (Å²) in [6.45, 7) is 0. The zero-order chi connectivity index (χ0) is 18.7. The van der Waals surface area contributed by atoms with Crippen molar-refractivity contribution in [2.75, 3.05) is 0 Å². The first-order valence-electron chi connectivity index (χ1n) is 8.90. The molecule has 3 aromatic carbocycles. The number of β-lactam (4-membered cyclic amide) rings is 1. The number of hydrogen-bond donors (Lipinski definition) is 2. The second-order valence-corrected chi connectivity index (χ2v) is 6.59. The summed E-state index contributed by atoms with van der Waals surface area (Å²) in [5.74, 6) is -0.159. The summed E-state index contributed by atoms with van der Waals surface area (Å²) in [5.41, 5.74) is 2.29. The van der Waals surface area contributed by atoms with E-state index in [1.165, 1.54) is 0 Å². The van der Waals surface area contributed by atoms with Crippen molar-refractivity contribution in [3.05, 3.63) is 108 Å². The lowest BCUT2D eigenvalue weighted by Crippen LogP contribution is -2.71. The van der Waals surface area contributed by atoms with Crippen molar-refractivity contribution in [3.63, 3.8) is 0 Å². The molecule has 4 nitrogen and oxygen atoms in total. The number of rotatable bonds is 5. The van der Waals surface area contributed by atoms with Crippen molar-refractivity contribution in [3.8, 4) is 6.07 Å². The van der Waals surface area contributed by atoms with E-state index in [0.717, 1.165) is 16.7 Å². The molecule has 0 radical (unpaired) electrons. The van der Waals surface area contributed by atoms with Crippen molar-refractivity contribution < 1.29 is 4.79 Å². The van der Waals surface area contributed by atoms with Gasteiger partial charge in [-0.05, 0) is 16.7 Å². The van der Waals surface area contributed by atoms with Crippen LogP contribution in [0.25, 0.3) is 0 Å². The Hall–Kier alpha value is -3.42. The van der Waals surface area contributed by atoms with E-state index >= 15 is 0 Å². The van der Waals surface area contributed by atoms with Crippen molar-refractivity contribution in [2.24, 2.45) is 0 Å². The number of amides is 1. The predicted octanol–water partition coefficient (Wildman–Crippen LogP) is 2.96. The Morgan fingerprint density at radius 3 is 1.52 bits per heavy atom. The van der Waals surface area contributed by atoms with E-state index in [0.29, 0.717) is 0 Å². The topological polar surface area (TPSA) is 64.9 Å². The average molecular weight is 353 g/mol. The van der Waals surface area contributed by atoms with Gasteiger partial charge in [0.25, 0.3) is 0 Å². The van der Waals surface area contributed by atoms with Gasteiger partial charge in [0.15, 0.2) is 0 Å². The molecular formula is C23H19N3O. The molecule has 0 aromatic heterocycles. The third kappa shape index (κ3) is 2.88. The van der Waals surface area contributed by atoms with Gasteiger partial charge in [-0.2, -0.15) is 5.26 Å². The Bertz CT molecular complexity index is 868. The van der Waals surface area contributed by atoms with E-state index in [9.17, 15) is 10.1 Å². The monoisotopic (exact) mass is 353 g/mol. The molecule has 4 heteroatoms. The lowest BCUT2D eigenvalue weighted by atomic mass is 9.75. The van der Waals surface area contributed by atoms with Crippen LogP contribution in [0.2, 0.25) is 0 Å². The van der Waals surface area contributed by atoms with Crippen molar-refractivity contribution in [1.82, 2.24) is 10.6 Å². The Morgan fingerprint density at radius 1 is 0.778 bits per heavy atom. The number of carbonyl (C=O) groups is 1. The third-order valence-corrected chi connectivity index (χ3v) is 5.05. The Balaban J connectivity index is 1.95. The van der Waals surface area contributed by atoms with Gasteiger partial charge in [0, 0.05) is 0 Å². The molecule has 1 amide bonds. The van der Waals surface area contributed by atoms with Crippen LogP contribution < -0.4 is 10.6 Å². The average Bonchev–Trinajstić information content (AvgIpc) is 2.74. The normalized spacial score (nSPS) is 18.9. The summed E-state index contributed by atoms with van der Waals surface area (Å²) in [6.07, 6.45) is 0. The first-order valence-corrected chi connectivity index (χ1v) is 8.90. The fraction of sp³-hybridized carbons (Fsp3) is 0.130. The zero-order valence-electron chi connectivity index (χ0n) is 14.7. The second kappa shape index (κ2) is 7.06. The van der Waals surface area contributed by atoms with E-state index in [1.807, 2.05) is 91.0 Å². The summed E-state index contributed by atoms with van der Waals surface area (Å²) in [4.78, 5) is 12.2. The van der Waals surface area contributed by atoms with Crippen molar-refractivity contribution in [1.29, 1.82) is 5.26 Å². The molecule has 3 aromatic rings. The van der Waals surface area contributed by atoms with Gasteiger partial charge in [-0.15, -0.1) is 0 Å². The van der Waals surface area contributed by atoms with E-state index in [-0.39, 0.29) is 5.91 Å². The lowest BCUT2D eigenvalue weighted by Gasteiger charge is -2.44. The maximum absolute atomic E-state index is 12.2. The van der Waals surface area contributed by atoms with Gasteiger partial charge in [-0.1, -0.05) is 91.0 Å². The van der Waals surface area contributed by atoms with E-state index in [2.05, 4.69) is 16.7 Å². The van der Waals surface area contributed by atoms with Gasteiger partial charge in [-0.25, -0.2) is 0 Å². The minimum Gasteiger partial charge on any atom is -0.337 e. The highest BCUT2D eigenvalue weighted by Gasteiger charge is 2.47. The molecule has 1 aliphatic rings. The summed E-state index contributed by atoms with van der Waals surface area (Å²) in [6, 6.07) is 31.1. The predicted molar refractivity (Wildman–Crippen MR) is 104 cm³/mol. The van der Waals surface area contributed by atoms with Gasteiger partial charge >= 0.3 is 0 Å². The Morgan fingerprint density at radius 2 is 1.19 bits per heavy atom. The van der Waals surface area contributed by atoms with Gasteiger partial charge in [0.2, 0.25) is 5.91 Å². The van der Waals surface area contributed by atoms with Crippen LogP contribution in [0.1, 0.15) is 16.7 Å². The standard InChI is InChI=1S/C23H19N3O/c24-16-20-21(22(27)25-20)26-23(17-10-4-1-5-11-17,18-12-6-2-7-13-18)19-14-8-3-9-15-19/h1-15,20-21,26H,(H,25,27)/t20-,21-/m0/s1. The Labute approximate surface area is 158 Å². The van der Waals surface area contributed by atoms with Gasteiger partial charge < -0.3 is 5.32 Å². The summed E-state index contributed by atoms with van der Waals surface area (Å²) >= 11 is 0. The molecule has 132 valence electrons. The van der Waals surface area contributed by atoms with Crippen LogP contribution in [0.15, 0.2) is 91.0 Å². The lowest BCUT2D eigenvalue weighted by molar-refractivity contribution is -0.130. The fourth-order valence-corrected chi connectivity index (χ4v) is 3.68. The highest BCUT2D eigenvalue weighted by atomic mass is 16.2. The minimum absolute atomic E-state index is 0.159. The fourth-order valence-electron chi connectivity index (χ4n) is 3.68. The first-order chi connectivity index (χ1) is 13.3. The molecule has 0 spiro atoms. The van der Waals surface area contributed by atoms with Crippen molar-refractivity contribution >= 4 is 5.91 Å². The van der Waals surface area contributed by atoms with Gasteiger partial charge in [0.1, 0.15) is 12.1 Å². The minimum atomic E-state index is -0.749. The summed E-state index contributed by atoms with van der Waals surface area (Å²) < 4.78 is 0. The molecule has 2 atom stereocenters. The summed E-state index contributed by atoms with van der Waals surface area (Å²) in [7, 11) is 0. The molecule has 1 aliphatic heterocycles. The first kappa shape index (κ1) is 17.0. The van der Waals surface area contributed by atoms with Gasteiger partial charge in [-0.3, -0.25) is 10.1 Å². The molecule has 4 rings (SSSR count). The SMILES string of the molecule is N#C[C@@H]1NC(=O)[C@H]1NC(c1ccccc1)(c1ccccc1)c1ccccc1. The Kier molecular flexibility index (Phi) is 4.45. The molecule has 1 heterocycles. The number of nitrogens with one attached hydrogen (secondary N) is 2. The maximum atomic E-state index is 12.2. The number of nitrogens with zero attached hydrogens (tertiary/aromatic N) is 1. The van der Waals surface area contributed by atoms with E-state index in [4.69, 9.17) is 0 Å². The van der Waals surface area contributed by atoms with Crippen LogP contribution in [-0.4, -0.2) is 18.0 Å². The van der Waals surface area contributed by atoms with Crippen LogP contribution in [-0.2, 0) is 10.3 Å². The molecule has 0 unspecified atom stereocenters. The third-order valence-electron chi connectivity index (χ3n) is 5.05. The van der Waals surface area contributed by atoms with Crippen LogP contribution in [0.3, 0.4) is 0 Å². The van der Waals surface area contributed by atoms with Crippen LogP contribution in [0.5, 0.6) is 0 Å². The molecule has 1 saturated heterocycles. The van der Waals surface area contributed by atoms with E-state index in [1.54, 1.807) is 0 Å². The maximum Gasteiger partial charge on any atom is 0.241 e. The quantitative estimate of drug-likeness (QED) is 0.547. The highest BCUT2D eigenvalue weighted by molar-refractivity contribution is 5.90. The number of hydrogen-bond acceptors (Lipinski definition) is 3. The summed E-state index contributed by atoms with van der Waals surface area (Å²) in [5, 5.41) is 15.6. The molecule has 1 fully saturated rings. The van der Waals surface area contributed by atoms with Crippen LogP contribution in [0.4, 0.5) is 0 Å². The van der Waals surface area contributed by atoms with Crippen LogP contribution >= 0.6 is 0 Å². The largest absolute Gasteiger partial charge is 0.337 e. The number of carbonyl (C=O) groups excluding carboxylic acids is 1. The molecule has 0 bridgehead atoms. The molecule has 0 aliphatic carbocycles. The number of nitriles is 1. The van der Waals surface area contributed by atoms with Crippen molar-refractivity contribution in [2.45, 2.75) is 17.6 Å². The van der Waals surface area contributed by atoms with Crippen LogP contribution in [0, 0.1) is 11.3 Å². The highest BCUT2D eigenvalue weighted by Crippen LogP contribution is 2.38. The zero-order valence-corrected chi connectivity index (χ0v) is 14.7. The van der Waals surface area contributed by atoms with Gasteiger partial charge in [0.05, 0.1) is 11.6 Å². The van der Waals surface area contributed by atoms with E-state index < -0.39 is 17.6 Å². The number of benzene rings is 3. The molecule has 27 heavy (non-hydrogen) atoms. The molecule has 0 saturated carbocycles. The molecule has 2 N–H and O–H groups in total. The second-order valence-electron chi connectivity index (χ2n) is 6.59.